The fourth-order valence-corrected chi connectivity index (χ4v) is 2.43. The van der Waals surface area contributed by atoms with Crippen molar-refractivity contribution in [1.29, 1.82) is 0 Å². The van der Waals surface area contributed by atoms with Gasteiger partial charge in [0.1, 0.15) is 0 Å². The Bertz CT molecular complexity index is 516. The van der Waals surface area contributed by atoms with Crippen LogP contribution in [0.3, 0.4) is 0 Å². The number of aromatic nitrogens is 1. The predicted octanol–water partition coefficient (Wildman–Crippen LogP) is 3.14. The Morgan fingerprint density at radius 1 is 1.53 bits per heavy atom. The molecular formula is C11H9BrN2O2S. The molecule has 0 saturated heterocycles. The highest BCUT2D eigenvalue weighted by Crippen LogP contribution is 2.24. The first-order valence-electron chi connectivity index (χ1n) is 4.80. The van der Waals surface area contributed by atoms with Crippen molar-refractivity contribution in [3.05, 3.63) is 45.3 Å². The third-order valence-corrected chi connectivity index (χ3v) is 3.45. The lowest BCUT2D eigenvalue weighted by Crippen LogP contribution is -2.19. The molecule has 4 nitrogen and oxygen atoms in total. The minimum Gasteiger partial charge on any atom is -0.479 e. The SMILES string of the molecule is O=C(O)C(Nc1cccc(Br)c1)c1cncs1. The van der Waals surface area contributed by atoms with Crippen LogP contribution in [-0.2, 0) is 4.79 Å². The van der Waals surface area contributed by atoms with Crippen LogP contribution in [0.25, 0.3) is 0 Å². The molecule has 0 aliphatic carbocycles. The van der Waals surface area contributed by atoms with Gasteiger partial charge in [0.2, 0.25) is 0 Å². The predicted molar refractivity (Wildman–Crippen MR) is 70.3 cm³/mol. The van der Waals surface area contributed by atoms with Crippen molar-refractivity contribution in [2.75, 3.05) is 5.32 Å². The van der Waals surface area contributed by atoms with E-state index >= 15 is 0 Å². The average Bonchev–Trinajstić information content (AvgIpc) is 2.78. The minimum absolute atomic E-state index is 0.678. The highest BCUT2D eigenvalue weighted by Gasteiger charge is 2.20. The maximum absolute atomic E-state index is 11.2. The van der Waals surface area contributed by atoms with Crippen LogP contribution < -0.4 is 5.32 Å². The largest absolute Gasteiger partial charge is 0.479 e. The van der Waals surface area contributed by atoms with Crippen LogP contribution in [0.2, 0.25) is 0 Å². The second kappa shape index (κ2) is 5.29. The summed E-state index contributed by atoms with van der Waals surface area (Å²) in [5.74, 6) is -0.922. The van der Waals surface area contributed by atoms with E-state index in [1.807, 2.05) is 24.3 Å². The third-order valence-electron chi connectivity index (χ3n) is 2.12. The summed E-state index contributed by atoms with van der Waals surface area (Å²) in [5.41, 5.74) is 2.37. The van der Waals surface area contributed by atoms with Gasteiger partial charge in [-0.15, -0.1) is 11.3 Å². The standard InChI is InChI=1S/C11H9BrN2O2S/c12-7-2-1-3-8(4-7)14-10(11(15)16)9-5-13-6-17-9/h1-6,10,14H,(H,15,16). The molecule has 0 spiro atoms. The molecule has 0 fully saturated rings. The van der Waals surface area contributed by atoms with E-state index in [9.17, 15) is 9.90 Å². The number of benzene rings is 1. The van der Waals surface area contributed by atoms with E-state index < -0.39 is 12.0 Å². The lowest BCUT2D eigenvalue weighted by atomic mass is 10.2. The van der Waals surface area contributed by atoms with Crippen molar-refractivity contribution in [2.24, 2.45) is 0 Å². The smallest absolute Gasteiger partial charge is 0.331 e. The summed E-state index contributed by atoms with van der Waals surface area (Å²) in [5, 5.41) is 12.1. The van der Waals surface area contributed by atoms with Gasteiger partial charge in [-0.2, -0.15) is 0 Å². The lowest BCUT2D eigenvalue weighted by molar-refractivity contribution is -0.138. The van der Waals surface area contributed by atoms with E-state index in [1.54, 1.807) is 11.7 Å². The number of nitrogens with zero attached hydrogens (tertiary/aromatic N) is 1. The summed E-state index contributed by atoms with van der Waals surface area (Å²) in [6.07, 6.45) is 1.56. The summed E-state index contributed by atoms with van der Waals surface area (Å²) in [6.45, 7) is 0. The zero-order valence-electron chi connectivity index (χ0n) is 8.63. The van der Waals surface area contributed by atoms with Gasteiger partial charge in [-0.1, -0.05) is 22.0 Å². The fraction of sp³-hybridized carbons (Fsp3) is 0.0909. The van der Waals surface area contributed by atoms with E-state index in [0.717, 1.165) is 10.2 Å². The molecule has 17 heavy (non-hydrogen) atoms. The molecule has 0 amide bonds. The molecule has 1 aromatic carbocycles. The van der Waals surface area contributed by atoms with Crippen LogP contribution in [0, 0.1) is 0 Å². The number of carbonyl (C=O) groups is 1. The van der Waals surface area contributed by atoms with Crippen LogP contribution >= 0.6 is 27.3 Å². The summed E-state index contributed by atoms with van der Waals surface area (Å²) < 4.78 is 0.899. The van der Waals surface area contributed by atoms with E-state index in [-0.39, 0.29) is 0 Å². The molecule has 1 atom stereocenters. The van der Waals surface area contributed by atoms with Crippen molar-refractivity contribution in [2.45, 2.75) is 6.04 Å². The number of hydrogen-bond donors (Lipinski definition) is 2. The number of carboxylic acid groups (broad SMARTS) is 1. The highest BCUT2D eigenvalue weighted by molar-refractivity contribution is 9.10. The Balaban J connectivity index is 2.22. The number of aliphatic carboxylic acids is 1. The summed E-state index contributed by atoms with van der Waals surface area (Å²) in [4.78, 5) is 15.8. The van der Waals surface area contributed by atoms with Gasteiger partial charge in [0.05, 0.1) is 10.4 Å². The van der Waals surface area contributed by atoms with Crippen LogP contribution in [0.15, 0.2) is 40.4 Å². The zero-order chi connectivity index (χ0) is 12.3. The van der Waals surface area contributed by atoms with E-state index in [4.69, 9.17) is 0 Å². The van der Waals surface area contributed by atoms with Crippen molar-refractivity contribution in [3.8, 4) is 0 Å². The topological polar surface area (TPSA) is 62.2 Å². The van der Waals surface area contributed by atoms with Crippen LogP contribution in [-0.4, -0.2) is 16.1 Å². The van der Waals surface area contributed by atoms with E-state index in [2.05, 4.69) is 26.2 Å². The summed E-state index contributed by atoms with van der Waals surface area (Å²) >= 11 is 4.66. The molecule has 1 aromatic heterocycles. The highest BCUT2D eigenvalue weighted by atomic mass is 79.9. The second-order valence-electron chi connectivity index (χ2n) is 3.33. The number of rotatable bonds is 4. The number of nitrogens with one attached hydrogen (secondary N) is 1. The molecule has 88 valence electrons. The van der Waals surface area contributed by atoms with Crippen LogP contribution in [0.1, 0.15) is 10.9 Å². The van der Waals surface area contributed by atoms with Crippen molar-refractivity contribution >= 4 is 38.9 Å². The Morgan fingerprint density at radius 3 is 2.94 bits per heavy atom. The van der Waals surface area contributed by atoms with Crippen LogP contribution in [0.5, 0.6) is 0 Å². The molecule has 2 rings (SSSR count). The Labute approximate surface area is 110 Å². The Hall–Kier alpha value is -1.40. The first kappa shape index (κ1) is 12.1. The molecule has 1 unspecified atom stereocenters. The first-order chi connectivity index (χ1) is 8.16. The van der Waals surface area contributed by atoms with Crippen molar-refractivity contribution < 1.29 is 9.90 Å². The molecule has 2 aromatic rings. The van der Waals surface area contributed by atoms with Gasteiger partial charge >= 0.3 is 5.97 Å². The zero-order valence-corrected chi connectivity index (χ0v) is 11.0. The molecule has 1 heterocycles. The molecular weight excluding hydrogens is 304 g/mol. The molecule has 2 N–H and O–H groups in total. The average molecular weight is 313 g/mol. The quantitative estimate of drug-likeness (QED) is 0.910. The fourth-order valence-electron chi connectivity index (χ4n) is 1.37. The van der Waals surface area contributed by atoms with Gasteiger partial charge in [0.25, 0.3) is 0 Å². The minimum atomic E-state index is -0.922. The third kappa shape index (κ3) is 3.04. The maximum Gasteiger partial charge on any atom is 0.331 e. The van der Waals surface area contributed by atoms with E-state index in [0.29, 0.717) is 4.88 Å². The number of anilines is 1. The number of hydrogen-bond acceptors (Lipinski definition) is 4. The van der Waals surface area contributed by atoms with Gasteiger partial charge in [-0.05, 0) is 18.2 Å². The van der Waals surface area contributed by atoms with Crippen LogP contribution in [0.4, 0.5) is 5.69 Å². The molecule has 0 aliphatic rings. The molecule has 0 aliphatic heterocycles. The van der Waals surface area contributed by atoms with Gasteiger partial charge < -0.3 is 10.4 Å². The van der Waals surface area contributed by atoms with Crippen molar-refractivity contribution in [3.63, 3.8) is 0 Å². The number of halogens is 1. The van der Waals surface area contributed by atoms with Gasteiger partial charge in [-0.3, -0.25) is 4.98 Å². The Morgan fingerprint density at radius 2 is 2.35 bits per heavy atom. The molecule has 0 radical (unpaired) electrons. The monoisotopic (exact) mass is 312 g/mol. The van der Waals surface area contributed by atoms with Gasteiger partial charge in [-0.25, -0.2) is 4.79 Å². The van der Waals surface area contributed by atoms with Gasteiger partial charge in [0.15, 0.2) is 6.04 Å². The lowest BCUT2D eigenvalue weighted by Gasteiger charge is -2.13. The Kier molecular flexibility index (Phi) is 3.75. The van der Waals surface area contributed by atoms with Crippen molar-refractivity contribution in [1.82, 2.24) is 4.98 Å². The number of thiazole rings is 1. The normalized spacial score (nSPS) is 12.1. The number of carboxylic acids is 1. The second-order valence-corrected chi connectivity index (χ2v) is 5.16. The van der Waals surface area contributed by atoms with Gasteiger partial charge in [0, 0.05) is 16.4 Å². The van der Waals surface area contributed by atoms with E-state index in [1.165, 1.54) is 11.3 Å². The first-order valence-corrected chi connectivity index (χ1v) is 6.47. The summed E-state index contributed by atoms with van der Waals surface area (Å²) in [6, 6.07) is 6.61. The maximum atomic E-state index is 11.2. The molecule has 0 saturated carbocycles. The molecule has 6 heteroatoms. The summed E-state index contributed by atoms with van der Waals surface area (Å²) in [7, 11) is 0. The molecule has 0 bridgehead atoms.